The highest BCUT2D eigenvalue weighted by molar-refractivity contribution is 6.03. The van der Waals surface area contributed by atoms with Crippen molar-refractivity contribution < 1.29 is 0 Å². The molecule has 0 heterocycles. The van der Waals surface area contributed by atoms with Gasteiger partial charge in [-0.25, -0.2) is 0 Å². The molecule has 262 valence electrons. The average molecular weight is 704 g/mol. The van der Waals surface area contributed by atoms with E-state index in [9.17, 15) is 0 Å². The first-order valence-corrected chi connectivity index (χ1v) is 19.2. The summed E-state index contributed by atoms with van der Waals surface area (Å²) in [6.45, 7) is 0. The maximum Gasteiger partial charge on any atom is 0.0468 e. The summed E-state index contributed by atoms with van der Waals surface area (Å²) < 4.78 is 0. The normalized spacial score (nSPS) is 15.2. The summed E-state index contributed by atoms with van der Waals surface area (Å²) in [5.41, 5.74) is 18.3. The molecule has 0 fully saturated rings. The van der Waals surface area contributed by atoms with Gasteiger partial charge in [0, 0.05) is 17.1 Å². The SMILES string of the molecule is C1=C/C=C/c2ccccc2-c2ccccc2C/C=C(N(c2ccccc2)c2ccc3c(c2)-c2ccccc2-c2ccccc2-c2ccccc2-3)\C=C/CC=C1. The van der Waals surface area contributed by atoms with E-state index in [1.54, 1.807) is 0 Å². The third kappa shape index (κ3) is 6.85. The molecule has 1 heteroatoms. The Balaban J connectivity index is 1.24. The molecular formula is C54H41N. The lowest BCUT2D eigenvalue weighted by Gasteiger charge is -2.29. The number of benzene rings is 7. The second-order valence-electron chi connectivity index (χ2n) is 13.9. The Morgan fingerprint density at radius 3 is 1.55 bits per heavy atom. The van der Waals surface area contributed by atoms with Crippen molar-refractivity contribution in [2.24, 2.45) is 0 Å². The smallest absolute Gasteiger partial charge is 0.0468 e. The van der Waals surface area contributed by atoms with Crippen molar-refractivity contribution in [2.45, 2.75) is 12.8 Å². The van der Waals surface area contributed by atoms with E-state index in [2.05, 4.69) is 229 Å². The quantitative estimate of drug-likeness (QED) is 0.177. The molecule has 0 atom stereocenters. The van der Waals surface area contributed by atoms with Crippen molar-refractivity contribution in [3.63, 3.8) is 0 Å². The molecule has 2 aliphatic rings. The summed E-state index contributed by atoms with van der Waals surface area (Å²) in [7, 11) is 0. The summed E-state index contributed by atoms with van der Waals surface area (Å²) in [6.07, 6.45) is 21.4. The molecule has 55 heavy (non-hydrogen) atoms. The summed E-state index contributed by atoms with van der Waals surface area (Å²) in [6, 6.07) is 61.9. The number of fused-ring (bicyclic) bond motifs is 11. The zero-order valence-corrected chi connectivity index (χ0v) is 30.7. The maximum absolute atomic E-state index is 2.42. The van der Waals surface area contributed by atoms with Crippen molar-refractivity contribution >= 4 is 17.5 Å². The first-order chi connectivity index (χ1) is 27.3. The minimum atomic E-state index is 0.769. The van der Waals surface area contributed by atoms with Crippen LogP contribution in [0.25, 0.3) is 61.7 Å². The molecule has 0 aromatic heterocycles. The van der Waals surface area contributed by atoms with Crippen LogP contribution in [0.1, 0.15) is 17.5 Å². The highest BCUT2D eigenvalue weighted by Crippen LogP contribution is 2.49. The van der Waals surface area contributed by atoms with Crippen molar-refractivity contribution in [3.05, 3.63) is 235 Å². The minimum Gasteiger partial charge on any atom is -0.311 e. The molecule has 0 N–H and O–H groups in total. The Hall–Kier alpha value is -6.96. The minimum absolute atomic E-state index is 0.769. The Morgan fingerprint density at radius 1 is 0.345 bits per heavy atom. The van der Waals surface area contributed by atoms with Gasteiger partial charge in [-0.1, -0.05) is 194 Å². The molecule has 0 saturated carbocycles. The molecule has 1 nitrogen and oxygen atoms in total. The molecule has 0 unspecified atom stereocenters. The van der Waals surface area contributed by atoms with Gasteiger partial charge in [-0.2, -0.15) is 0 Å². The lowest BCUT2D eigenvalue weighted by Crippen LogP contribution is -2.16. The number of rotatable bonds is 3. The zero-order valence-electron chi connectivity index (χ0n) is 30.7. The lowest BCUT2D eigenvalue weighted by molar-refractivity contribution is 1.15. The molecule has 7 aromatic rings. The van der Waals surface area contributed by atoms with E-state index in [1.165, 1.54) is 66.8 Å². The van der Waals surface area contributed by atoms with Crippen LogP contribution in [0.15, 0.2) is 224 Å². The highest BCUT2D eigenvalue weighted by Gasteiger charge is 2.23. The van der Waals surface area contributed by atoms with Crippen LogP contribution in [-0.4, -0.2) is 0 Å². The lowest BCUT2D eigenvalue weighted by atomic mass is 9.81. The molecular weight excluding hydrogens is 663 g/mol. The summed E-state index contributed by atoms with van der Waals surface area (Å²) in [4.78, 5) is 2.42. The Kier molecular flexibility index (Phi) is 9.58. The number of hydrogen-bond acceptors (Lipinski definition) is 1. The van der Waals surface area contributed by atoms with E-state index < -0.39 is 0 Å². The Labute approximate surface area is 324 Å². The first-order valence-electron chi connectivity index (χ1n) is 19.2. The van der Waals surface area contributed by atoms with Crippen molar-refractivity contribution in [2.75, 3.05) is 4.90 Å². The fourth-order valence-corrected chi connectivity index (χ4v) is 8.02. The van der Waals surface area contributed by atoms with E-state index in [0.29, 0.717) is 0 Å². The van der Waals surface area contributed by atoms with Crippen LogP contribution in [0.2, 0.25) is 0 Å². The van der Waals surface area contributed by atoms with Crippen LogP contribution in [0.5, 0.6) is 0 Å². The fourth-order valence-electron chi connectivity index (χ4n) is 8.02. The maximum atomic E-state index is 2.42. The van der Waals surface area contributed by atoms with Gasteiger partial charge in [0.1, 0.15) is 0 Å². The van der Waals surface area contributed by atoms with Gasteiger partial charge in [-0.3, -0.25) is 0 Å². The first kappa shape index (κ1) is 33.8. The molecule has 9 rings (SSSR count). The molecule has 0 spiro atoms. The van der Waals surface area contributed by atoms with Gasteiger partial charge in [0.15, 0.2) is 0 Å². The predicted octanol–water partition coefficient (Wildman–Crippen LogP) is 14.7. The van der Waals surface area contributed by atoms with Crippen LogP contribution in [0.3, 0.4) is 0 Å². The standard InChI is InChI=1S/C54H41N/c1-2-4-7-21-40-22-11-13-27-45(40)46-28-14-12-23-41(46)35-36-43(26-8-5-3-1)55(42-24-9-6-10-25-42)44-37-38-53-51-33-18-17-31-49(51)47-29-15-16-30-48(47)50-32-19-20-34-52(50)54(53)39-44/h1-4,6-34,36-39H,5,35H2/b3-1?,4-2?,21-7+,26-8-,43-36+,49-47?,50-48?,53-51?,54-52?. The van der Waals surface area contributed by atoms with Crippen LogP contribution in [0.4, 0.5) is 11.4 Å². The molecule has 0 amide bonds. The van der Waals surface area contributed by atoms with Crippen LogP contribution >= 0.6 is 0 Å². The second-order valence-corrected chi connectivity index (χ2v) is 13.9. The number of nitrogens with zero attached hydrogens (tertiary/aromatic N) is 1. The van der Waals surface area contributed by atoms with Crippen LogP contribution < -0.4 is 4.90 Å². The molecule has 0 aliphatic heterocycles. The number of allylic oxidation sites excluding steroid dienone is 8. The van der Waals surface area contributed by atoms with E-state index in [0.717, 1.165) is 29.9 Å². The van der Waals surface area contributed by atoms with Gasteiger partial charge < -0.3 is 4.90 Å². The third-order valence-electron chi connectivity index (χ3n) is 10.6. The Morgan fingerprint density at radius 2 is 0.873 bits per heavy atom. The third-order valence-corrected chi connectivity index (χ3v) is 10.6. The molecule has 7 aromatic carbocycles. The van der Waals surface area contributed by atoms with E-state index in [4.69, 9.17) is 0 Å². The van der Waals surface area contributed by atoms with E-state index in [-0.39, 0.29) is 0 Å². The van der Waals surface area contributed by atoms with Crippen molar-refractivity contribution in [3.8, 4) is 55.6 Å². The number of hydrogen-bond donors (Lipinski definition) is 0. The van der Waals surface area contributed by atoms with Gasteiger partial charge in [-0.15, -0.1) is 0 Å². The monoisotopic (exact) mass is 703 g/mol. The van der Waals surface area contributed by atoms with E-state index >= 15 is 0 Å². The summed E-state index contributed by atoms with van der Waals surface area (Å²) >= 11 is 0. The van der Waals surface area contributed by atoms with Gasteiger partial charge in [0.05, 0.1) is 0 Å². The summed E-state index contributed by atoms with van der Waals surface area (Å²) in [5.74, 6) is 0. The topological polar surface area (TPSA) is 3.24 Å². The molecule has 0 bridgehead atoms. The second kappa shape index (κ2) is 15.6. The van der Waals surface area contributed by atoms with Crippen molar-refractivity contribution in [1.82, 2.24) is 0 Å². The van der Waals surface area contributed by atoms with Crippen molar-refractivity contribution in [1.29, 1.82) is 0 Å². The van der Waals surface area contributed by atoms with Gasteiger partial charge in [0.25, 0.3) is 0 Å². The van der Waals surface area contributed by atoms with Gasteiger partial charge in [0.2, 0.25) is 0 Å². The largest absolute Gasteiger partial charge is 0.311 e. The molecule has 2 aliphatic carbocycles. The van der Waals surface area contributed by atoms with Gasteiger partial charge in [-0.05, 0) is 110 Å². The van der Waals surface area contributed by atoms with Crippen LogP contribution in [-0.2, 0) is 6.42 Å². The number of para-hydroxylation sites is 1. The highest BCUT2D eigenvalue weighted by atomic mass is 15.1. The fraction of sp³-hybridized carbons (Fsp3) is 0.0370. The predicted molar refractivity (Wildman–Crippen MR) is 235 cm³/mol. The molecule has 0 radical (unpaired) electrons. The molecule has 0 saturated heterocycles. The zero-order chi connectivity index (χ0) is 36.8. The van der Waals surface area contributed by atoms with E-state index in [1.807, 2.05) is 0 Å². The number of anilines is 2. The average Bonchev–Trinajstić information content (AvgIpc) is 3.24. The van der Waals surface area contributed by atoms with Gasteiger partial charge >= 0.3 is 0 Å². The summed E-state index contributed by atoms with van der Waals surface area (Å²) in [5, 5.41) is 0. The Bertz CT molecular complexity index is 2640. The van der Waals surface area contributed by atoms with Crippen LogP contribution in [0, 0.1) is 0 Å².